The molecule has 8 heteroatoms. The summed E-state index contributed by atoms with van der Waals surface area (Å²) in [5, 5.41) is 8.14. The summed E-state index contributed by atoms with van der Waals surface area (Å²) in [6.07, 6.45) is -0.194. The van der Waals surface area contributed by atoms with E-state index in [1.54, 1.807) is 14.0 Å². The monoisotopic (exact) mass is 396 g/mol. The van der Waals surface area contributed by atoms with Gasteiger partial charge >= 0.3 is 11.7 Å². The van der Waals surface area contributed by atoms with Crippen molar-refractivity contribution in [1.29, 1.82) is 0 Å². The lowest BCUT2D eigenvalue weighted by Crippen LogP contribution is -2.22. The highest BCUT2D eigenvalue weighted by Gasteiger charge is 2.16. The topological polar surface area (TPSA) is 79.9 Å². The average Bonchev–Trinajstić information content (AvgIpc) is 3.04. The number of oxime groups is 1. The molecule has 1 heterocycles. The molecule has 0 aliphatic heterocycles. The smallest absolute Gasteiger partial charge is 0.353 e. The number of benzene rings is 2. The molecule has 8 nitrogen and oxygen atoms in total. The average molecular weight is 396 g/mol. The van der Waals surface area contributed by atoms with Crippen LogP contribution in [-0.2, 0) is 23.2 Å². The lowest BCUT2D eigenvalue weighted by atomic mass is 10.1. The first-order valence-electron chi connectivity index (χ1n) is 9.17. The van der Waals surface area contributed by atoms with Crippen molar-refractivity contribution in [1.82, 2.24) is 14.3 Å². The van der Waals surface area contributed by atoms with Crippen molar-refractivity contribution in [3.63, 3.8) is 0 Å². The molecule has 0 fully saturated rings. The van der Waals surface area contributed by atoms with E-state index in [0.717, 1.165) is 11.1 Å². The number of hydrogen-bond donors (Lipinski definition) is 0. The molecule has 3 rings (SSSR count). The van der Waals surface area contributed by atoms with Gasteiger partial charge in [-0.05, 0) is 18.6 Å². The van der Waals surface area contributed by atoms with E-state index in [9.17, 15) is 4.79 Å². The molecule has 0 amide bonds. The van der Waals surface area contributed by atoms with Crippen LogP contribution < -0.4 is 10.4 Å². The molecule has 0 aliphatic rings. The van der Waals surface area contributed by atoms with Crippen molar-refractivity contribution in [3.8, 4) is 11.7 Å². The van der Waals surface area contributed by atoms with Crippen LogP contribution in [0.1, 0.15) is 31.1 Å². The number of ether oxygens (including phenoxy) is 2. The second-order valence-electron chi connectivity index (χ2n) is 6.41. The summed E-state index contributed by atoms with van der Waals surface area (Å²) in [6.45, 7) is 3.85. The van der Waals surface area contributed by atoms with E-state index < -0.39 is 0 Å². The zero-order chi connectivity index (χ0) is 20.8. The van der Waals surface area contributed by atoms with Crippen LogP contribution in [0.5, 0.6) is 6.01 Å². The number of aryl methyl sites for hydroxylation is 1. The second-order valence-corrected chi connectivity index (χ2v) is 6.41. The van der Waals surface area contributed by atoms with Crippen LogP contribution in [0, 0.1) is 0 Å². The van der Waals surface area contributed by atoms with E-state index in [1.165, 1.54) is 16.4 Å². The standard InChI is InChI=1S/C21H24N4O4/c1-15(17-10-6-5-7-11-17)29-23-16(2)28-14-18-12-8-9-13-19(18)25-20(27-4)22-24(3)21(25)26/h5-13,15H,14H2,1-4H3/b23-16-. The van der Waals surface area contributed by atoms with Gasteiger partial charge in [-0.2, -0.15) is 0 Å². The van der Waals surface area contributed by atoms with Gasteiger partial charge in [0.05, 0.1) is 12.8 Å². The highest BCUT2D eigenvalue weighted by molar-refractivity contribution is 5.72. The number of hydrogen-bond acceptors (Lipinski definition) is 6. The van der Waals surface area contributed by atoms with Crippen LogP contribution in [0.3, 0.4) is 0 Å². The van der Waals surface area contributed by atoms with E-state index in [0.29, 0.717) is 11.6 Å². The Morgan fingerprint density at radius 2 is 1.83 bits per heavy atom. The quantitative estimate of drug-likeness (QED) is 0.348. The summed E-state index contributed by atoms with van der Waals surface area (Å²) >= 11 is 0. The van der Waals surface area contributed by atoms with Crippen molar-refractivity contribution in [2.24, 2.45) is 12.2 Å². The van der Waals surface area contributed by atoms with Gasteiger partial charge in [0.1, 0.15) is 12.7 Å². The first-order chi connectivity index (χ1) is 14.0. The number of nitrogens with zero attached hydrogens (tertiary/aromatic N) is 4. The molecule has 0 bridgehead atoms. The van der Waals surface area contributed by atoms with E-state index in [2.05, 4.69) is 10.3 Å². The molecule has 0 saturated heterocycles. The van der Waals surface area contributed by atoms with Gasteiger partial charge in [-0.25, -0.2) is 14.0 Å². The molecule has 1 aromatic heterocycles. The van der Waals surface area contributed by atoms with Gasteiger partial charge < -0.3 is 14.3 Å². The van der Waals surface area contributed by atoms with Gasteiger partial charge in [0, 0.05) is 19.5 Å². The van der Waals surface area contributed by atoms with Crippen molar-refractivity contribution in [3.05, 3.63) is 76.2 Å². The number of methoxy groups -OCH3 is 1. The normalized spacial score (nSPS) is 12.5. The zero-order valence-corrected chi connectivity index (χ0v) is 16.9. The molecule has 1 unspecified atom stereocenters. The molecule has 29 heavy (non-hydrogen) atoms. The highest BCUT2D eigenvalue weighted by Crippen LogP contribution is 2.19. The van der Waals surface area contributed by atoms with Gasteiger partial charge in [-0.1, -0.05) is 53.7 Å². The minimum Gasteiger partial charge on any atom is -0.474 e. The van der Waals surface area contributed by atoms with E-state index >= 15 is 0 Å². The highest BCUT2D eigenvalue weighted by atomic mass is 16.7. The predicted octanol–water partition coefficient (Wildman–Crippen LogP) is 3.21. The SMILES string of the molecule is COc1nn(C)c(=O)n1-c1ccccc1CO/C(C)=N\OC(C)c1ccccc1. The summed E-state index contributed by atoms with van der Waals surface area (Å²) in [6, 6.07) is 17.4. The number of aromatic nitrogens is 3. The Labute approximate surface area is 168 Å². The summed E-state index contributed by atoms with van der Waals surface area (Å²) < 4.78 is 13.6. The maximum atomic E-state index is 12.5. The summed E-state index contributed by atoms with van der Waals surface area (Å²) in [7, 11) is 3.04. The van der Waals surface area contributed by atoms with Crippen LogP contribution in [0.2, 0.25) is 0 Å². The molecular formula is C21H24N4O4. The Bertz CT molecular complexity index is 1040. The van der Waals surface area contributed by atoms with E-state index in [-0.39, 0.29) is 24.4 Å². The Balaban J connectivity index is 1.73. The van der Waals surface area contributed by atoms with Crippen LogP contribution in [-0.4, -0.2) is 27.4 Å². The molecule has 0 spiro atoms. The molecule has 0 aliphatic carbocycles. The summed E-state index contributed by atoms with van der Waals surface area (Å²) in [4.78, 5) is 18.0. The molecular weight excluding hydrogens is 372 g/mol. The maximum absolute atomic E-state index is 12.5. The molecule has 1 atom stereocenters. The van der Waals surface area contributed by atoms with Crippen LogP contribution in [0.4, 0.5) is 0 Å². The minimum atomic E-state index is -0.306. The van der Waals surface area contributed by atoms with Crippen LogP contribution in [0.25, 0.3) is 5.69 Å². The molecule has 0 N–H and O–H groups in total. The molecule has 0 saturated carbocycles. The van der Waals surface area contributed by atoms with Crippen LogP contribution >= 0.6 is 0 Å². The third-order valence-corrected chi connectivity index (χ3v) is 4.35. The summed E-state index contributed by atoms with van der Waals surface area (Å²) in [5.41, 5.74) is 2.14. The Morgan fingerprint density at radius 3 is 2.55 bits per heavy atom. The Kier molecular flexibility index (Phi) is 6.33. The molecule has 3 aromatic rings. The second kappa shape index (κ2) is 9.09. The largest absolute Gasteiger partial charge is 0.474 e. The Hall–Kier alpha value is -3.55. The first kappa shape index (κ1) is 20.2. The van der Waals surface area contributed by atoms with Gasteiger partial charge in [0.25, 0.3) is 0 Å². The lowest BCUT2D eigenvalue weighted by Gasteiger charge is -2.13. The molecule has 0 radical (unpaired) electrons. The van der Waals surface area contributed by atoms with Crippen molar-refractivity contribution >= 4 is 5.90 Å². The lowest BCUT2D eigenvalue weighted by molar-refractivity contribution is 0.0639. The van der Waals surface area contributed by atoms with Gasteiger partial charge in [-0.3, -0.25) is 0 Å². The van der Waals surface area contributed by atoms with Gasteiger partial charge in [0.15, 0.2) is 0 Å². The fraction of sp³-hybridized carbons (Fsp3) is 0.286. The third-order valence-electron chi connectivity index (χ3n) is 4.35. The van der Waals surface area contributed by atoms with Crippen molar-refractivity contribution in [2.45, 2.75) is 26.6 Å². The number of para-hydroxylation sites is 1. The minimum absolute atomic E-state index is 0.194. The summed E-state index contributed by atoms with van der Waals surface area (Å²) in [5.74, 6) is 0.382. The molecule has 2 aromatic carbocycles. The predicted molar refractivity (Wildman–Crippen MR) is 109 cm³/mol. The van der Waals surface area contributed by atoms with Gasteiger partial charge in [0.2, 0.25) is 5.90 Å². The van der Waals surface area contributed by atoms with E-state index in [4.69, 9.17) is 14.3 Å². The Morgan fingerprint density at radius 1 is 1.14 bits per heavy atom. The van der Waals surface area contributed by atoms with Crippen molar-refractivity contribution < 1.29 is 14.3 Å². The molecule has 152 valence electrons. The fourth-order valence-corrected chi connectivity index (χ4v) is 2.78. The number of rotatable bonds is 7. The van der Waals surface area contributed by atoms with Crippen LogP contribution in [0.15, 0.2) is 64.5 Å². The van der Waals surface area contributed by atoms with Crippen molar-refractivity contribution in [2.75, 3.05) is 7.11 Å². The van der Waals surface area contributed by atoms with Gasteiger partial charge in [-0.15, -0.1) is 5.10 Å². The maximum Gasteiger partial charge on any atom is 0.353 e. The fourth-order valence-electron chi connectivity index (χ4n) is 2.78. The van der Waals surface area contributed by atoms with E-state index in [1.807, 2.05) is 61.5 Å². The first-order valence-corrected chi connectivity index (χ1v) is 9.17. The third kappa shape index (κ3) is 4.66. The zero-order valence-electron chi connectivity index (χ0n) is 16.9.